The number of piperidine rings is 1. The summed E-state index contributed by atoms with van der Waals surface area (Å²) in [5.41, 5.74) is 5.27. The summed E-state index contributed by atoms with van der Waals surface area (Å²) in [6, 6.07) is 17.8. The van der Waals surface area contributed by atoms with E-state index in [9.17, 15) is 0 Å². The van der Waals surface area contributed by atoms with E-state index in [0.717, 1.165) is 25.4 Å². The lowest BCUT2D eigenvalue weighted by Crippen LogP contribution is -2.55. The molecule has 1 atom stereocenters. The molecule has 2 aromatic carbocycles. The molecule has 0 spiro atoms. The molecule has 31 heavy (non-hydrogen) atoms. The van der Waals surface area contributed by atoms with Crippen molar-refractivity contribution < 1.29 is 4.74 Å². The van der Waals surface area contributed by atoms with Gasteiger partial charge in [-0.25, -0.2) is 0 Å². The highest BCUT2D eigenvalue weighted by molar-refractivity contribution is 5.85. The molecule has 5 nitrogen and oxygen atoms in total. The zero-order valence-corrected chi connectivity index (χ0v) is 18.8. The summed E-state index contributed by atoms with van der Waals surface area (Å²) >= 11 is 0. The fraction of sp³-hybridized carbons (Fsp3) is 0.462. The van der Waals surface area contributed by atoms with Gasteiger partial charge in [0.05, 0.1) is 7.11 Å². The van der Waals surface area contributed by atoms with Gasteiger partial charge < -0.3 is 14.6 Å². The van der Waals surface area contributed by atoms with Gasteiger partial charge >= 0.3 is 0 Å². The number of ether oxygens (including phenoxy) is 1. The fourth-order valence-corrected chi connectivity index (χ4v) is 5.33. The van der Waals surface area contributed by atoms with E-state index in [2.05, 4.69) is 69.1 Å². The van der Waals surface area contributed by atoms with Gasteiger partial charge in [-0.3, -0.25) is 9.80 Å². The van der Waals surface area contributed by atoms with Crippen molar-refractivity contribution in [1.29, 1.82) is 0 Å². The number of fused-ring (bicyclic) bond motifs is 1. The zero-order chi connectivity index (χ0) is 21.2. The molecule has 1 aromatic heterocycles. The van der Waals surface area contributed by atoms with Crippen molar-refractivity contribution in [1.82, 2.24) is 14.8 Å². The number of H-pyrrole nitrogens is 1. The fourth-order valence-electron chi connectivity index (χ4n) is 5.33. The number of aromatic nitrogens is 1. The van der Waals surface area contributed by atoms with Crippen LogP contribution in [0.1, 0.15) is 24.1 Å². The summed E-state index contributed by atoms with van der Waals surface area (Å²) in [6.07, 6.45) is 2.61. The molecular formula is C26H34N4O. The monoisotopic (exact) mass is 418 g/mol. The van der Waals surface area contributed by atoms with E-state index >= 15 is 0 Å². The number of hydrogen-bond donors (Lipinski definition) is 1. The lowest BCUT2D eigenvalue weighted by atomic mass is 10.0. The Balaban J connectivity index is 1.21. The van der Waals surface area contributed by atoms with Crippen molar-refractivity contribution in [3.63, 3.8) is 0 Å². The standard InChI is InChI=1S/C26H34N4O/c1-20-24-17-23(31-2)10-11-25(24)27-26(20)19-28-12-6-9-22(18-28)30-15-13-29(14-16-30)21-7-4-3-5-8-21/h3-5,7-8,10-11,17,22,27H,6,9,12-16,18-19H2,1-2H3. The van der Waals surface area contributed by atoms with Crippen LogP contribution in [-0.2, 0) is 6.54 Å². The Kier molecular flexibility index (Phi) is 5.88. The second-order valence-electron chi connectivity index (χ2n) is 9.03. The minimum Gasteiger partial charge on any atom is -0.497 e. The number of rotatable bonds is 5. The van der Waals surface area contributed by atoms with Crippen molar-refractivity contribution >= 4 is 16.6 Å². The number of aromatic amines is 1. The molecule has 2 saturated heterocycles. The van der Waals surface area contributed by atoms with E-state index < -0.39 is 0 Å². The van der Waals surface area contributed by atoms with Gasteiger partial charge in [-0.1, -0.05) is 18.2 Å². The van der Waals surface area contributed by atoms with Crippen molar-refractivity contribution in [2.45, 2.75) is 32.4 Å². The topological polar surface area (TPSA) is 34.7 Å². The Morgan fingerprint density at radius 2 is 1.81 bits per heavy atom. The van der Waals surface area contributed by atoms with Crippen LogP contribution < -0.4 is 9.64 Å². The summed E-state index contributed by atoms with van der Waals surface area (Å²) in [5, 5.41) is 1.28. The van der Waals surface area contributed by atoms with Gasteiger partial charge in [0, 0.05) is 67.6 Å². The van der Waals surface area contributed by atoms with Gasteiger partial charge in [0.1, 0.15) is 5.75 Å². The van der Waals surface area contributed by atoms with E-state index in [1.807, 2.05) is 6.07 Å². The molecule has 2 aliphatic heterocycles. The van der Waals surface area contributed by atoms with Gasteiger partial charge in [0.15, 0.2) is 0 Å². The van der Waals surface area contributed by atoms with E-state index in [1.165, 1.54) is 66.9 Å². The van der Waals surface area contributed by atoms with Crippen LogP contribution in [0.4, 0.5) is 5.69 Å². The summed E-state index contributed by atoms with van der Waals surface area (Å²) in [4.78, 5) is 11.6. The molecule has 2 fully saturated rings. The first kappa shape index (κ1) is 20.4. The molecule has 2 aliphatic rings. The van der Waals surface area contributed by atoms with E-state index in [-0.39, 0.29) is 0 Å². The third-order valence-corrected chi connectivity index (χ3v) is 7.18. The van der Waals surface area contributed by atoms with Crippen LogP contribution in [0.25, 0.3) is 10.9 Å². The Bertz CT molecular complexity index is 1010. The molecule has 0 amide bonds. The number of para-hydroxylation sites is 1. The predicted octanol–water partition coefficient (Wildman–Crippen LogP) is 4.27. The highest BCUT2D eigenvalue weighted by Gasteiger charge is 2.28. The van der Waals surface area contributed by atoms with Crippen molar-refractivity contribution in [3.05, 3.63) is 59.8 Å². The normalized spacial score (nSPS) is 21.0. The maximum atomic E-state index is 5.42. The molecule has 0 aliphatic carbocycles. The lowest BCUT2D eigenvalue weighted by Gasteiger charge is -2.44. The zero-order valence-electron chi connectivity index (χ0n) is 18.8. The third kappa shape index (κ3) is 4.30. The van der Waals surface area contributed by atoms with Crippen molar-refractivity contribution in [2.75, 3.05) is 51.3 Å². The number of nitrogens with zero attached hydrogens (tertiary/aromatic N) is 3. The first-order chi connectivity index (χ1) is 15.2. The average Bonchev–Trinajstić information content (AvgIpc) is 3.14. The van der Waals surface area contributed by atoms with Gasteiger partial charge in [0.25, 0.3) is 0 Å². The van der Waals surface area contributed by atoms with E-state index in [4.69, 9.17) is 4.74 Å². The molecule has 3 aromatic rings. The quantitative estimate of drug-likeness (QED) is 0.671. The number of nitrogens with one attached hydrogen (secondary N) is 1. The molecule has 1 unspecified atom stereocenters. The van der Waals surface area contributed by atoms with Gasteiger partial charge in [-0.05, 0) is 62.2 Å². The van der Waals surface area contributed by atoms with Crippen LogP contribution in [0, 0.1) is 6.92 Å². The molecule has 0 bridgehead atoms. The van der Waals surface area contributed by atoms with Gasteiger partial charge in [-0.15, -0.1) is 0 Å². The highest BCUT2D eigenvalue weighted by atomic mass is 16.5. The number of aryl methyl sites for hydroxylation is 1. The van der Waals surface area contributed by atoms with Crippen LogP contribution in [-0.4, -0.2) is 67.2 Å². The molecule has 3 heterocycles. The smallest absolute Gasteiger partial charge is 0.119 e. The maximum absolute atomic E-state index is 5.42. The van der Waals surface area contributed by atoms with Crippen LogP contribution >= 0.6 is 0 Å². The molecule has 0 saturated carbocycles. The molecule has 5 heteroatoms. The summed E-state index contributed by atoms with van der Waals surface area (Å²) in [7, 11) is 1.73. The highest BCUT2D eigenvalue weighted by Crippen LogP contribution is 2.28. The van der Waals surface area contributed by atoms with Crippen LogP contribution in [0.2, 0.25) is 0 Å². The van der Waals surface area contributed by atoms with Crippen molar-refractivity contribution in [2.24, 2.45) is 0 Å². The van der Waals surface area contributed by atoms with Crippen LogP contribution in [0.5, 0.6) is 5.75 Å². The molecule has 5 rings (SSSR count). The number of hydrogen-bond acceptors (Lipinski definition) is 4. The molecule has 1 N–H and O–H groups in total. The average molecular weight is 419 g/mol. The van der Waals surface area contributed by atoms with Gasteiger partial charge in [0.2, 0.25) is 0 Å². The third-order valence-electron chi connectivity index (χ3n) is 7.18. The number of benzene rings is 2. The number of anilines is 1. The van der Waals surface area contributed by atoms with Gasteiger partial charge in [-0.2, -0.15) is 0 Å². The summed E-state index contributed by atoms with van der Waals surface area (Å²) in [6.45, 7) is 10.2. The second-order valence-corrected chi connectivity index (χ2v) is 9.03. The Morgan fingerprint density at radius 1 is 1.00 bits per heavy atom. The minimum absolute atomic E-state index is 0.677. The molecular weight excluding hydrogens is 384 g/mol. The Labute approximate surface area is 185 Å². The number of methoxy groups -OCH3 is 1. The molecule has 0 radical (unpaired) electrons. The minimum atomic E-state index is 0.677. The first-order valence-electron chi connectivity index (χ1n) is 11.6. The Morgan fingerprint density at radius 3 is 2.58 bits per heavy atom. The van der Waals surface area contributed by atoms with Crippen molar-refractivity contribution in [3.8, 4) is 5.75 Å². The summed E-state index contributed by atoms with van der Waals surface area (Å²) < 4.78 is 5.42. The SMILES string of the molecule is COc1ccc2[nH]c(CN3CCCC(N4CCN(c5ccccc5)CC4)C3)c(C)c2c1. The van der Waals surface area contributed by atoms with Crippen LogP contribution in [0.3, 0.4) is 0 Å². The van der Waals surface area contributed by atoms with E-state index in [1.54, 1.807) is 7.11 Å². The van der Waals surface area contributed by atoms with Crippen LogP contribution in [0.15, 0.2) is 48.5 Å². The maximum Gasteiger partial charge on any atom is 0.119 e. The molecule has 164 valence electrons. The van der Waals surface area contributed by atoms with E-state index in [0.29, 0.717) is 6.04 Å². The second kappa shape index (κ2) is 8.93. The lowest BCUT2D eigenvalue weighted by molar-refractivity contribution is 0.0881. The number of likely N-dealkylation sites (tertiary alicyclic amines) is 1. The Hall–Kier alpha value is -2.50. The summed E-state index contributed by atoms with van der Waals surface area (Å²) in [5.74, 6) is 0.925. The largest absolute Gasteiger partial charge is 0.497 e. The first-order valence-corrected chi connectivity index (χ1v) is 11.6. The number of piperazine rings is 1. The predicted molar refractivity (Wildman–Crippen MR) is 128 cm³/mol.